The largest absolute Gasteiger partial charge is 0.375 e. The predicted molar refractivity (Wildman–Crippen MR) is 111 cm³/mol. The molecule has 1 aromatic carbocycles. The summed E-state index contributed by atoms with van der Waals surface area (Å²) in [7, 11) is 1.76. The van der Waals surface area contributed by atoms with Gasteiger partial charge in [-0.1, -0.05) is 12.1 Å². The normalized spacial score (nSPS) is 27.8. The Kier molecular flexibility index (Phi) is 4.99. The van der Waals surface area contributed by atoms with Crippen LogP contribution in [0.3, 0.4) is 0 Å². The standard InChI is InChI=1S/C22H28N4O4/c1-25-20-16(13-11-15(12-13)30-14-7-9-23-10-8-14)3-2-4-17(20)26(22(25)29)18-5-6-19(27)24-21(18)28/h2-4,13-15,18,23H,5-12H2,1H3,(H,24,27,28)/t13-,15-,18?. The van der Waals surface area contributed by atoms with Crippen molar-refractivity contribution in [2.45, 2.75) is 62.7 Å². The molecule has 2 saturated heterocycles. The second-order valence-corrected chi connectivity index (χ2v) is 8.77. The fraction of sp³-hybridized carbons (Fsp3) is 0.591. The van der Waals surface area contributed by atoms with Gasteiger partial charge in [0.2, 0.25) is 11.8 Å². The molecule has 8 heteroatoms. The zero-order valence-corrected chi connectivity index (χ0v) is 17.2. The first-order valence-corrected chi connectivity index (χ1v) is 10.9. The maximum absolute atomic E-state index is 13.1. The fourth-order valence-electron chi connectivity index (χ4n) is 5.16. The molecule has 8 nitrogen and oxygen atoms in total. The molecular formula is C22H28N4O4. The summed E-state index contributed by atoms with van der Waals surface area (Å²) in [6.07, 6.45) is 5.29. The molecule has 1 atom stereocenters. The third-order valence-electron chi connectivity index (χ3n) is 6.86. The van der Waals surface area contributed by atoms with Crippen LogP contribution in [0.1, 0.15) is 56.0 Å². The van der Waals surface area contributed by atoms with Crippen LogP contribution in [0.15, 0.2) is 23.0 Å². The minimum atomic E-state index is -0.647. The second-order valence-electron chi connectivity index (χ2n) is 8.77. The first kappa shape index (κ1) is 19.5. The van der Waals surface area contributed by atoms with Gasteiger partial charge >= 0.3 is 5.69 Å². The number of ether oxygens (including phenoxy) is 1. The first-order valence-electron chi connectivity index (χ1n) is 10.9. The summed E-state index contributed by atoms with van der Waals surface area (Å²) in [6, 6.07) is 5.29. The van der Waals surface area contributed by atoms with E-state index in [0.717, 1.165) is 55.4 Å². The number of rotatable bonds is 4. The average molecular weight is 412 g/mol. The molecule has 0 radical (unpaired) electrons. The van der Waals surface area contributed by atoms with Crippen LogP contribution >= 0.6 is 0 Å². The monoisotopic (exact) mass is 412 g/mol. The summed E-state index contributed by atoms with van der Waals surface area (Å²) < 4.78 is 9.48. The molecule has 2 N–H and O–H groups in total. The third-order valence-corrected chi connectivity index (χ3v) is 6.86. The van der Waals surface area contributed by atoms with E-state index in [2.05, 4.69) is 16.7 Å². The van der Waals surface area contributed by atoms with E-state index >= 15 is 0 Å². The van der Waals surface area contributed by atoms with E-state index in [0.29, 0.717) is 18.4 Å². The van der Waals surface area contributed by atoms with Crippen molar-refractivity contribution >= 4 is 22.8 Å². The Labute approximate surface area is 174 Å². The summed E-state index contributed by atoms with van der Waals surface area (Å²) >= 11 is 0. The van der Waals surface area contributed by atoms with E-state index in [1.54, 1.807) is 16.2 Å². The number of benzene rings is 1. The minimum Gasteiger partial charge on any atom is -0.375 e. The molecule has 1 aliphatic carbocycles. The zero-order chi connectivity index (χ0) is 20.8. The molecule has 2 amide bonds. The summed E-state index contributed by atoms with van der Waals surface area (Å²) in [6.45, 7) is 2.05. The highest BCUT2D eigenvalue weighted by Gasteiger charge is 2.36. The molecule has 1 aromatic heterocycles. The molecule has 0 bridgehead atoms. The molecule has 0 spiro atoms. The topological polar surface area (TPSA) is 94.4 Å². The van der Waals surface area contributed by atoms with Crippen LogP contribution in [0.25, 0.3) is 11.0 Å². The van der Waals surface area contributed by atoms with E-state index < -0.39 is 11.9 Å². The number of imide groups is 1. The van der Waals surface area contributed by atoms with Gasteiger partial charge in [0.05, 0.1) is 23.2 Å². The zero-order valence-electron chi connectivity index (χ0n) is 17.2. The number of carbonyl (C=O) groups excluding carboxylic acids is 2. The Bertz CT molecular complexity index is 1040. The van der Waals surface area contributed by atoms with Crippen molar-refractivity contribution < 1.29 is 14.3 Å². The number of piperidine rings is 2. The van der Waals surface area contributed by atoms with Gasteiger partial charge in [0, 0.05) is 13.5 Å². The molecule has 160 valence electrons. The van der Waals surface area contributed by atoms with Crippen molar-refractivity contribution in [2.24, 2.45) is 7.05 Å². The number of hydrogen-bond acceptors (Lipinski definition) is 5. The Morgan fingerprint density at radius 2 is 1.80 bits per heavy atom. The molecule has 3 heterocycles. The number of carbonyl (C=O) groups is 2. The highest BCUT2D eigenvalue weighted by atomic mass is 16.5. The quantitative estimate of drug-likeness (QED) is 0.739. The van der Waals surface area contributed by atoms with Crippen molar-refractivity contribution in [2.75, 3.05) is 13.1 Å². The molecule has 5 rings (SSSR count). The smallest absolute Gasteiger partial charge is 0.329 e. The molecule has 1 saturated carbocycles. The molecule has 3 aliphatic rings. The van der Waals surface area contributed by atoms with Crippen molar-refractivity contribution in [1.82, 2.24) is 19.8 Å². The van der Waals surface area contributed by atoms with Gasteiger partial charge in [0.15, 0.2) is 0 Å². The number of nitrogens with zero attached hydrogens (tertiary/aromatic N) is 2. The number of fused-ring (bicyclic) bond motifs is 1. The number of para-hydroxylation sites is 1. The van der Waals surface area contributed by atoms with Gasteiger partial charge in [-0.05, 0) is 62.7 Å². The van der Waals surface area contributed by atoms with E-state index in [9.17, 15) is 14.4 Å². The van der Waals surface area contributed by atoms with Crippen molar-refractivity contribution in [1.29, 1.82) is 0 Å². The van der Waals surface area contributed by atoms with Crippen LogP contribution in [-0.4, -0.2) is 46.2 Å². The number of amides is 2. The lowest BCUT2D eigenvalue weighted by Crippen LogP contribution is -2.44. The maximum atomic E-state index is 13.1. The number of imidazole rings is 1. The average Bonchev–Trinajstić information content (AvgIpc) is 2.96. The van der Waals surface area contributed by atoms with E-state index in [4.69, 9.17) is 4.74 Å². The number of hydrogen-bond donors (Lipinski definition) is 2. The lowest BCUT2D eigenvalue weighted by molar-refractivity contribution is -0.135. The SMILES string of the molecule is Cn1c(=O)n(C2CCC(=O)NC2=O)c2cccc([C@H]3C[C@H](OC4CCNCC4)C3)c21. The van der Waals surface area contributed by atoms with Crippen molar-refractivity contribution in [3.05, 3.63) is 34.2 Å². The number of aromatic nitrogens is 2. The molecule has 2 aliphatic heterocycles. The van der Waals surface area contributed by atoms with Crippen LogP contribution in [0.5, 0.6) is 0 Å². The molecular weight excluding hydrogens is 384 g/mol. The number of aryl methyl sites for hydroxylation is 1. The van der Waals surface area contributed by atoms with Gasteiger partial charge in [-0.2, -0.15) is 0 Å². The Hall–Kier alpha value is -2.45. The van der Waals surface area contributed by atoms with Gasteiger partial charge < -0.3 is 10.1 Å². The Balaban J connectivity index is 1.40. The van der Waals surface area contributed by atoms with Crippen molar-refractivity contribution in [3.8, 4) is 0 Å². The summed E-state index contributed by atoms with van der Waals surface area (Å²) in [5.41, 5.74) is 2.58. The molecule has 3 fully saturated rings. The van der Waals surface area contributed by atoms with E-state index in [-0.39, 0.29) is 24.1 Å². The van der Waals surface area contributed by atoms with Crippen LogP contribution < -0.4 is 16.3 Å². The van der Waals surface area contributed by atoms with E-state index in [1.807, 2.05) is 12.1 Å². The molecule has 2 aromatic rings. The summed E-state index contributed by atoms with van der Waals surface area (Å²) in [4.78, 5) is 37.0. The van der Waals surface area contributed by atoms with Gasteiger partial charge in [-0.15, -0.1) is 0 Å². The van der Waals surface area contributed by atoms with Crippen LogP contribution in [0, 0.1) is 0 Å². The van der Waals surface area contributed by atoms with Gasteiger partial charge in [-0.25, -0.2) is 4.79 Å². The van der Waals surface area contributed by atoms with Crippen molar-refractivity contribution in [3.63, 3.8) is 0 Å². The predicted octanol–water partition coefficient (Wildman–Crippen LogP) is 1.33. The lowest BCUT2D eigenvalue weighted by Gasteiger charge is -2.39. The highest BCUT2D eigenvalue weighted by molar-refractivity contribution is 6.00. The molecule has 1 unspecified atom stereocenters. The maximum Gasteiger partial charge on any atom is 0.329 e. The second kappa shape index (κ2) is 7.67. The minimum absolute atomic E-state index is 0.214. The van der Waals surface area contributed by atoms with Gasteiger partial charge in [0.1, 0.15) is 6.04 Å². The van der Waals surface area contributed by atoms with Crippen LogP contribution in [-0.2, 0) is 21.4 Å². The summed E-state index contributed by atoms with van der Waals surface area (Å²) in [5, 5.41) is 5.73. The lowest BCUT2D eigenvalue weighted by atomic mass is 9.77. The van der Waals surface area contributed by atoms with Crippen LogP contribution in [0.2, 0.25) is 0 Å². The van der Waals surface area contributed by atoms with Crippen LogP contribution in [0.4, 0.5) is 0 Å². The Morgan fingerprint density at radius 3 is 2.53 bits per heavy atom. The molecule has 30 heavy (non-hydrogen) atoms. The van der Waals surface area contributed by atoms with Gasteiger partial charge in [0.25, 0.3) is 0 Å². The van der Waals surface area contributed by atoms with Gasteiger partial charge in [-0.3, -0.25) is 24.0 Å². The number of nitrogens with one attached hydrogen (secondary N) is 2. The first-order chi connectivity index (χ1) is 14.5. The highest BCUT2D eigenvalue weighted by Crippen LogP contribution is 2.42. The van der Waals surface area contributed by atoms with E-state index in [1.165, 1.54) is 0 Å². The third kappa shape index (κ3) is 3.28. The fourth-order valence-corrected chi connectivity index (χ4v) is 5.16. The summed E-state index contributed by atoms with van der Waals surface area (Å²) in [5.74, 6) is -0.326. The Morgan fingerprint density at radius 1 is 1.03 bits per heavy atom.